The third-order valence-electron chi connectivity index (χ3n) is 3.55. The van der Waals surface area contributed by atoms with Crippen molar-refractivity contribution in [1.29, 1.82) is 0 Å². The molecule has 0 atom stereocenters. The monoisotopic (exact) mass is 308 g/mol. The van der Waals surface area contributed by atoms with E-state index in [2.05, 4.69) is 5.32 Å². The predicted molar refractivity (Wildman–Crippen MR) is 83.1 cm³/mol. The zero-order chi connectivity index (χ0) is 15.1. The highest BCUT2D eigenvalue weighted by molar-refractivity contribution is 7.10. The molecule has 0 spiro atoms. The van der Waals surface area contributed by atoms with E-state index in [1.54, 1.807) is 22.3 Å². The molecule has 1 aliphatic rings. The summed E-state index contributed by atoms with van der Waals surface area (Å²) in [6, 6.07) is 3.92. The van der Waals surface area contributed by atoms with Gasteiger partial charge in [-0.25, -0.2) is 4.79 Å². The average Bonchev–Trinajstić information content (AvgIpc) is 3.04. The zero-order valence-corrected chi connectivity index (χ0v) is 12.9. The number of nitrogens with one attached hydrogen (secondary N) is 1. The van der Waals surface area contributed by atoms with Gasteiger partial charge in [-0.15, -0.1) is 11.3 Å². The van der Waals surface area contributed by atoms with Crippen LogP contribution in [-0.4, -0.2) is 43.6 Å². The molecule has 0 radical (unpaired) electrons. The van der Waals surface area contributed by atoms with Crippen molar-refractivity contribution in [3.8, 4) is 0 Å². The minimum Gasteiger partial charge on any atom is -0.453 e. The van der Waals surface area contributed by atoms with E-state index in [1.807, 2.05) is 23.6 Å². The standard InChI is InChI=1S/C15H20N2O3S/c1-20-15(19)17-8-6-12(7-9-17)11-16-14(18)5-4-13-3-2-10-21-13/h2-5,10,12H,6-9,11H2,1H3,(H,16,18)/b5-4+. The SMILES string of the molecule is COC(=O)N1CCC(CNC(=O)/C=C/c2cccs2)CC1. The van der Waals surface area contributed by atoms with E-state index in [-0.39, 0.29) is 12.0 Å². The third-order valence-corrected chi connectivity index (χ3v) is 4.39. The van der Waals surface area contributed by atoms with Gasteiger partial charge in [0.2, 0.25) is 5.91 Å². The molecule has 114 valence electrons. The van der Waals surface area contributed by atoms with E-state index in [1.165, 1.54) is 7.11 Å². The van der Waals surface area contributed by atoms with Crippen molar-refractivity contribution in [2.75, 3.05) is 26.7 Å². The number of methoxy groups -OCH3 is 1. The van der Waals surface area contributed by atoms with Crippen LogP contribution >= 0.6 is 11.3 Å². The summed E-state index contributed by atoms with van der Waals surface area (Å²) in [6.07, 6.45) is 4.90. The Balaban J connectivity index is 1.67. The first-order valence-electron chi connectivity index (χ1n) is 7.01. The molecule has 0 aromatic carbocycles. The molecular weight excluding hydrogens is 288 g/mol. The van der Waals surface area contributed by atoms with Crippen molar-refractivity contribution < 1.29 is 14.3 Å². The van der Waals surface area contributed by atoms with Gasteiger partial charge in [-0.05, 0) is 36.3 Å². The Bertz CT molecular complexity index is 491. The number of hydrogen-bond donors (Lipinski definition) is 1. The summed E-state index contributed by atoms with van der Waals surface area (Å²) < 4.78 is 4.70. The van der Waals surface area contributed by atoms with Crippen molar-refractivity contribution in [2.24, 2.45) is 5.92 Å². The third kappa shape index (κ3) is 4.90. The number of hydrogen-bond acceptors (Lipinski definition) is 4. The van der Waals surface area contributed by atoms with Gasteiger partial charge < -0.3 is 15.0 Å². The van der Waals surface area contributed by atoms with Crippen molar-refractivity contribution in [1.82, 2.24) is 10.2 Å². The lowest BCUT2D eigenvalue weighted by atomic mass is 9.97. The second-order valence-electron chi connectivity index (χ2n) is 4.99. The fourth-order valence-electron chi connectivity index (χ4n) is 2.30. The number of carbonyl (C=O) groups is 2. The van der Waals surface area contributed by atoms with E-state index < -0.39 is 0 Å². The highest BCUT2D eigenvalue weighted by atomic mass is 32.1. The fraction of sp³-hybridized carbons (Fsp3) is 0.467. The van der Waals surface area contributed by atoms with Crippen LogP contribution < -0.4 is 5.32 Å². The molecule has 1 fully saturated rings. The Kier molecular flexibility index (Phi) is 5.80. The number of carbonyl (C=O) groups excluding carboxylic acids is 2. The van der Waals surface area contributed by atoms with E-state index in [4.69, 9.17) is 4.74 Å². The summed E-state index contributed by atoms with van der Waals surface area (Å²) in [4.78, 5) is 25.9. The van der Waals surface area contributed by atoms with Crippen molar-refractivity contribution in [3.05, 3.63) is 28.5 Å². The predicted octanol–water partition coefficient (Wildman–Crippen LogP) is 2.36. The molecule has 0 unspecified atom stereocenters. The lowest BCUT2D eigenvalue weighted by Gasteiger charge is -2.30. The van der Waals surface area contributed by atoms with Crippen LogP contribution in [0.3, 0.4) is 0 Å². The molecule has 0 aliphatic carbocycles. The van der Waals surface area contributed by atoms with Crippen LogP contribution in [0.2, 0.25) is 0 Å². The minimum absolute atomic E-state index is 0.0706. The summed E-state index contributed by atoms with van der Waals surface area (Å²) >= 11 is 1.60. The number of piperidine rings is 1. The Hall–Kier alpha value is -1.82. The molecule has 0 bridgehead atoms. The van der Waals surface area contributed by atoms with Gasteiger partial charge in [0, 0.05) is 30.6 Å². The van der Waals surface area contributed by atoms with Gasteiger partial charge in [0.05, 0.1) is 7.11 Å². The molecule has 1 aromatic heterocycles. The number of thiophene rings is 1. The van der Waals surface area contributed by atoms with Crippen molar-refractivity contribution in [2.45, 2.75) is 12.8 Å². The Labute approximate surface area is 128 Å². The van der Waals surface area contributed by atoms with Gasteiger partial charge in [0.15, 0.2) is 0 Å². The molecule has 5 nitrogen and oxygen atoms in total. The molecule has 21 heavy (non-hydrogen) atoms. The Morgan fingerprint density at radius 1 is 1.48 bits per heavy atom. The molecule has 1 N–H and O–H groups in total. The van der Waals surface area contributed by atoms with Crippen LogP contribution in [-0.2, 0) is 9.53 Å². The number of amides is 2. The minimum atomic E-state index is -0.267. The maximum atomic E-state index is 11.7. The van der Waals surface area contributed by atoms with Gasteiger partial charge in [0.25, 0.3) is 0 Å². The molecule has 2 rings (SSSR count). The molecular formula is C15H20N2O3S. The zero-order valence-electron chi connectivity index (χ0n) is 12.1. The largest absolute Gasteiger partial charge is 0.453 e. The molecule has 1 saturated heterocycles. The number of likely N-dealkylation sites (tertiary alicyclic amines) is 1. The van der Waals surface area contributed by atoms with Crippen LogP contribution in [0.15, 0.2) is 23.6 Å². The maximum absolute atomic E-state index is 11.7. The van der Waals surface area contributed by atoms with Gasteiger partial charge in [-0.1, -0.05) is 6.07 Å². The summed E-state index contributed by atoms with van der Waals surface area (Å²) in [6.45, 7) is 2.04. The van der Waals surface area contributed by atoms with Crippen LogP contribution in [0.25, 0.3) is 6.08 Å². The maximum Gasteiger partial charge on any atom is 0.409 e. The highest BCUT2D eigenvalue weighted by Gasteiger charge is 2.23. The van der Waals surface area contributed by atoms with Crippen LogP contribution in [0.5, 0.6) is 0 Å². The van der Waals surface area contributed by atoms with Gasteiger partial charge in [-0.2, -0.15) is 0 Å². The van der Waals surface area contributed by atoms with Crippen molar-refractivity contribution >= 4 is 29.4 Å². The Morgan fingerprint density at radius 3 is 2.86 bits per heavy atom. The first-order chi connectivity index (χ1) is 10.2. The van der Waals surface area contributed by atoms with Crippen molar-refractivity contribution in [3.63, 3.8) is 0 Å². The number of nitrogens with zero attached hydrogens (tertiary/aromatic N) is 1. The lowest BCUT2D eigenvalue weighted by Crippen LogP contribution is -2.41. The van der Waals surface area contributed by atoms with Crippen LogP contribution in [0, 0.1) is 5.92 Å². The van der Waals surface area contributed by atoms with Crippen LogP contribution in [0.1, 0.15) is 17.7 Å². The van der Waals surface area contributed by atoms with Gasteiger partial charge >= 0.3 is 6.09 Å². The lowest BCUT2D eigenvalue weighted by molar-refractivity contribution is -0.116. The smallest absolute Gasteiger partial charge is 0.409 e. The first kappa shape index (κ1) is 15.6. The van der Waals surface area contributed by atoms with Gasteiger partial charge in [-0.3, -0.25) is 4.79 Å². The molecule has 1 aromatic rings. The average molecular weight is 308 g/mol. The normalized spacial score (nSPS) is 16.1. The summed E-state index contributed by atoms with van der Waals surface area (Å²) in [5.74, 6) is 0.351. The van der Waals surface area contributed by atoms with E-state index in [0.29, 0.717) is 25.6 Å². The molecule has 0 saturated carbocycles. The summed E-state index contributed by atoms with van der Waals surface area (Å²) in [7, 11) is 1.40. The summed E-state index contributed by atoms with van der Waals surface area (Å²) in [5, 5.41) is 4.90. The van der Waals surface area contributed by atoms with Crippen LogP contribution in [0.4, 0.5) is 4.79 Å². The second kappa shape index (κ2) is 7.83. The number of rotatable bonds is 4. The summed E-state index contributed by atoms with van der Waals surface area (Å²) in [5.41, 5.74) is 0. The number of ether oxygens (including phenoxy) is 1. The second-order valence-corrected chi connectivity index (χ2v) is 5.97. The fourth-order valence-corrected chi connectivity index (χ4v) is 2.91. The highest BCUT2D eigenvalue weighted by Crippen LogP contribution is 2.17. The van der Waals surface area contributed by atoms with E-state index in [0.717, 1.165) is 17.7 Å². The Morgan fingerprint density at radius 2 is 2.24 bits per heavy atom. The van der Waals surface area contributed by atoms with E-state index in [9.17, 15) is 9.59 Å². The topological polar surface area (TPSA) is 58.6 Å². The molecule has 1 aliphatic heterocycles. The molecule has 2 heterocycles. The molecule has 6 heteroatoms. The van der Waals surface area contributed by atoms with Gasteiger partial charge in [0.1, 0.15) is 0 Å². The van der Waals surface area contributed by atoms with E-state index >= 15 is 0 Å². The quantitative estimate of drug-likeness (QED) is 0.869. The molecule has 2 amide bonds. The first-order valence-corrected chi connectivity index (χ1v) is 7.89.